The van der Waals surface area contributed by atoms with Crippen molar-refractivity contribution in [2.45, 2.75) is 20.3 Å². The van der Waals surface area contributed by atoms with Gasteiger partial charge in [-0.3, -0.25) is 9.59 Å². The molecule has 0 aliphatic carbocycles. The topological polar surface area (TPSA) is 66.4 Å². The molecule has 0 fully saturated rings. The Kier molecular flexibility index (Phi) is 3.44. The molecule has 0 saturated carbocycles. The monoisotopic (exact) mass is 207 g/mol. The van der Waals surface area contributed by atoms with Crippen molar-refractivity contribution in [3.63, 3.8) is 0 Å². The second-order valence-electron chi connectivity index (χ2n) is 3.37. The summed E-state index contributed by atoms with van der Waals surface area (Å²) in [6, 6.07) is 5.50. The summed E-state index contributed by atoms with van der Waals surface area (Å²) in [6.07, 6.45) is -0.507. The Labute approximate surface area is 87.9 Å². The van der Waals surface area contributed by atoms with Crippen molar-refractivity contribution in [2.75, 3.05) is 5.32 Å². The smallest absolute Gasteiger partial charge is 0.312 e. The Balaban J connectivity index is 2.77. The predicted molar refractivity (Wildman–Crippen MR) is 56.8 cm³/mol. The predicted octanol–water partition coefficient (Wildman–Crippen LogP) is 1.72. The fourth-order valence-electron chi connectivity index (χ4n) is 1.22. The van der Waals surface area contributed by atoms with Crippen LogP contribution in [0.15, 0.2) is 18.2 Å². The van der Waals surface area contributed by atoms with Gasteiger partial charge in [0.1, 0.15) is 6.42 Å². The zero-order valence-electron chi connectivity index (χ0n) is 8.70. The van der Waals surface area contributed by atoms with Crippen LogP contribution < -0.4 is 5.32 Å². The first-order chi connectivity index (χ1) is 7.00. The van der Waals surface area contributed by atoms with Gasteiger partial charge in [0.15, 0.2) is 0 Å². The number of anilines is 1. The van der Waals surface area contributed by atoms with Gasteiger partial charge in [0.05, 0.1) is 0 Å². The Morgan fingerprint density at radius 3 is 2.60 bits per heavy atom. The summed E-state index contributed by atoms with van der Waals surface area (Å²) in [7, 11) is 0. The van der Waals surface area contributed by atoms with Crippen LogP contribution >= 0.6 is 0 Å². The lowest BCUT2D eigenvalue weighted by Crippen LogP contribution is -2.16. The van der Waals surface area contributed by atoms with E-state index in [0.29, 0.717) is 5.69 Å². The van der Waals surface area contributed by atoms with Gasteiger partial charge in [-0.1, -0.05) is 12.1 Å². The van der Waals surface area contributed by atoms with E-state index in [0.717, 1.165) is 11.1 Å². The van der Waals surface area contributed by atoms with Crippen molar-refractivity contribution in [1.82, 2.24) is 0 Å². The molecule has 1 aromatic rings. The van der Waals surface area contributed by atoms with Crippen LogP contribution in [-0.4, -0.2) is 17.0 Å². The highest BCUT2D eigenvalue weighted by molar-refractivity contribution is 6.01. The van der Waals surface area contributed by atoms with Crippen LogP contribution in [0.4, 0.5) is 5.69 Å². The fraction of sp³-hybridized carbons (Fsp3) is 0.273. The van der Waals surface area contributed by atoms with Crippen molar-refractivity contribution in [2.24, 2.45) is 0 Å². The average Bonchev–Trinajstić information content (AvgIpc) is 2.11. The number of aryl methyl sites for hydroxylation is 1. The van der Waals surface area contributed by atoms with Gasteiger partial charge in [-0.25, -0.2) is 0 Å². The summed E-state index contributed by atoms with van der Waals surface area (Å²) >= 11 is 0. The number of aliphatic carboxylic acids is 1. The number of benzene rings is 1. The van der Waals surface area contributed by atoms with Gasteiger partial charge < -0.3 is 10.4 Å². The molecule has 15 heavy (non-hydrogen) atoms. The van der Waals surface area contributed by atoms with Crippen molar-refractivity contribution < 1.29 is 14.7 Å². The molecular formula is C11H13NO3. The first-order valence-corrected chi connectivity index (χ1v) is 4.58. The largest absolute Gasteiger partial charge is 0.481 e. The Hall–Kier alpha value is -1.84. The molecule has 80 valence electrons. The molecule has 1 aromatic carbocycles. The average molecular weight is 207 g/mol. The van der Waals surface area contributed by atoms with E-state index in [1.807, 2.05) is 26.0 Å². The van der Waals surface area contributed by atoms with Crippen molar-refractivity contribution in [3.05, 3.63) is 29.3 Å². The molecular weight excluding hydrogens is 194 g/mol. The number of carbonyl (C=O) groups excluding carboxylic acids is 1. The normalized spacial score (nSPS) is 9.73. The molecule has 0 saturated heterocycles. The molecule has 4 nitrogen and oxygen atoms in total. The standard InChI is InChI=1S/C11H13NO3/c1-7-4-3-5-9(8(7)2)12-10(13)6-11(14)15/h3-5H,6H2,1-2H3,(H,12,13)(H,14,15). The molecule has 0 unspecified atom stereocenters. The lowest BCUT2D eigenvalue weighted by Gasteiger charge is -2.09. The molecule has 0 radical (unpaired) electrons. The molecule has 4 heteroatoms. The SMILES string of the molecule is Cc1cccc(NC(=O)CC(=O)O)c1C. The number of nitrogens with one attached hydrogen (secondary N) is 1. The third kappa shape index (κ3) is 3.09. The van der Waals surface area contributed by atoms with E-state index in [1.165, 1.54) is 0 Å². The van der Waals surface area contributed by atoms with Gasteiger partial charge in [-0.2, -0.15) is 0 Å². The first-order valence-electron chi connectivity index (χ1n) is 4.58. The highest BCUT2D eigenvalue weighted by Gasteiger charge is 2.09. The third-order valence-electron chi connectivity index (χ3n) is 2.19. The van der Waals surface area contributed by atoms with Crippen LogP contribution in [0.2, 0.25) is 0 Å². The Morgan fingerprint density at radius 2 is 2.00 bits per heavy atom. The summed E-state index contributed by atoms with van der Waals surface area (Å²) in [5, 5.41) is 11.0. The van der Waals surface area contributed by atoms with Gasteiger partial charge in [-0.15, -0.1) is 0 Å². The van der Waals surface area contributed by atoms with Crippen molar-refractivity contribution in [1.29, 1.82) is 0 Å². The molecule has 0 aliphatic heterocycles. The maximum absolute atomic E-state index is 11.2. The van der Waals surface area contributed by atoms with E-state index in [4.69, 9.17) is 5.11 Å². The minimum Gasteiger partial charge on any atom is -0.481 e. The maximum atomic E-state index is 11.2. The first kappa shape index (κ1) is 11.2. The van der Waals surface area contributed by atoms with Gasteiger partial charge >= 0.3 is 5.97 Å². The van der Waals surface area contributed by atoms with Gasteiger partial charge in [0.2, 0.25) is 5.91 Å². The summed E-state index contributed by atoms with van der Waals surface area (Å²) in [5.74, 6) is -1.63. The number of amides is 1. The van der Waals surface area contributed by atoms with Crippen LogP contribution in [0.5, 0.6) is 0 Å². The van der Waals surface area contributed by atoms with Crippen LogP contribution in [0, 0.1) is 13.8 Å². The minimum absolute atomic E-state index is 0.504. The lowest BCUT2D eigenvalue weighted by atomic mass is 10.1. The van der Waals surface area contributed by atoms with Crippen molar-refractivity contribution >= 4 is 17.6 Å². The van der Waals surface area contributed by atoms with Crippen LogP contribution in [0.1, 0.15) is 17.5 Å². The number of carboxylic acids is 1. The van der Waals surface area contributed by atoms with E-state index in [1.54, 1.807) is 6.07 Å². The molecule has 1 amide bonds. The number of hydrogen-bond acceptors (Lipinski definition) is 2. The molecule has 2 N–H and O–H groups in total. The number of rotatable bonds is 3. The van der Waals surface area contributed by atoms with Crippen LogP contribution in [-0.2, 0) is 9.59 Å². The zero-order valence-corrected chi connectivity index (χ0v) is 8.70. The lowest BCUT2D eigenvalue weighted by molar-refractivity contribution is -0.139. The van der Waals surface area contributed by atoms with Gasteiger partial charge in [0, 0.05) is 5.69 Å². The van der Waals surface area contributed by atoms with E-state index in [-0.39, 0.29) is 0 Å². The number of hydrogen-bond donors (Lipinski definition) is 2. The summed E-state index contributed by atoms with van der Waals surface area (Å²) < 4.78 is 0. The van der Waals surface area contributed by atoms with Crippen LogP contribution in [0.25, 0.3) is 0 Å². The highest BCUT2D eigenvalue weighted by Crippen LogP contribution is 2.17. The molecule has 0 spiro atoms. The quantitative estimate of drug-likeness (QED) is 0.741. The fourth-order valence-corrected chi connectivity index (χ4v) is 1.22. The number of carboxylic acid groups (broad SMARTS) is 1. The minimum atomic E-state index is -1.13. The molecule has 0 aromatic heterocycles. The summed E-state index contributed by atoms with van der Waals surface area (Å²) in [4.78, 5) is 21.5. The molecule has 1 rings (SSSR count). The van der Waals surface area contributed by atoms with E-state index >= 15 is 0 Å². The highest BCUT2D eigenvalue weighted by atomic mass is 16.4. The van der Waals surface area contributed by atoms with E-state index < -0.39 is 18.3 Å². The summed E-state index contributed by atoms with van der Waals surface area (Å²) in [6.45, 7) is 3.81. The van der Waals surface area contributed by atoms with Crippen LogP contribution in [0.3, 0.4) is 0 Å². The third-order valence-corrected chi connectivity index (χ3v) is 2.19. The zero-order chi connectivity index (χ0) is 11.4. The van der Waals surface area contributed by atoms with Gasteiger partial charge in [0.25, 0.3) is 0 Å². The maximum Gasteiger partial charge on any atom is 0.312 e. The Morgan fingerprint density at radius 1 is 1.33 bits per heavy atom. The van der Waals surface area contributed by atoms with Gasteiger partial charge in [-0.05, 0) is 31.0 Å². The second-order valence-corrected chi connectivity index (χ2v) is 3.37. The molecule has 0 bridgehead atoms. The Bertz CT molecular complexity index is 399. The molecule has 0 aliphatic rings. The van der Waals surface area contributed by atoms with E-state index in [9.17, 15) is 9.59 Å². The summed E-state index contributed by atoms with van der Waals surface area (Å²) in [5.41, 5.74) is 2.68. The van der Waals surface area contributed by atoms with E-state index in [2.05, 4.69) is 5.32 Å². The molecule has 0 atom stereocenters. The second kappa shape index (κ2) is 4.59. The molecule has 0 heterocycles. The number of carbonyl (C=O) groups is 2. The van der Waals surface area contributed by atoms with Crippen molar-refractivity contribution in [3.8, 4) is 0 Å².